The molecule has 4 rings (SSSR count). The van der Waals surface area contributed by atoms with E-state index < -0.39 is 4.92 Å². The van der Waals surface area contributed by atoms with E-state index in [1.54, 1.807) is 18.2 Å². The SMILES string of the molecule is Cc1ccc2cccc(Nc3ncnc(NCc4ccco4)c3[N+](=O)[O-])c2n1. The number of aromatic nitrogens is 3. The van der Waals surface area contributed by atoms with Crippen LogP contribution in [-0.4, -0.2) is 19.9 Å². The van der Waals surface area contributed by atoms with E-state index in [4.69, 9.17) is 4.42 Å². The lowest BCUT2D eigenvalue weighted by molar-refractivity contribution is -0.383. The summed E-state index contributed by atoms with van der Waals surface area (Å²) in [6.45, 7) is 2.15. The van der Waals surface area contributed by atoms with Gasteiger partial charge in [0.05, 0.1) is 28.9 Å². The van der Waals surface area contributed by atoms with Crippen LogP contribution in [-0.2, 0) is 6.54 Å². The third-order valence-corrected chi connectivity index (χ3v) is 4.13. The van der Waals surface area contributed by atoms with Gasteiger partial charge in [0, 0.05) is 11.1 Å². The number of hydrogen-bond acceptors (Lipinski definition) is 8. The molecule has 0 aliphatic heterocycles. The maximum absolute atomic E-state index is 11.7. The Morgan fingerprint density at radius 2 is 1.96 bits per heavy atom. The van der Waals surface area contributed by atoms with Crippen molar-refractivity contribution in [2.45, 2.75) is 13.5 Å². The highest BCUT2D eigenvalue weighted by molar-refractivity contribution is 5.93. The quantitative estimate of drug-likeness (QED) is 0.380. The van der Waals surface area contributed by atoms with Crippen LogP contribution in [0.3, 0.4) is 0 Å². The summed E-state index contributed by atoms with van der Waals surface area (Å²) in [4.78, 5) is 23.8. The molecule has 0 unspecified atom stereocenters. The van der Waals surface area contributed by atoms with Gasteiger partial charge in [-0.25, -0.2) is 9.97 Å². The Hall–Kier alpha value is -4.01. The molecule has 0 aliphatic carbocycles. The topological polar surface area (TPSA) is 119 Å². The van der Waals surface area contributed by atoms with E-state index >= 15 is 0 Å². The molecule has 4 aromatic rings. The Morgan fingerprint density at radius 3 is 2.75 bits per heavy atom. The molecule has 0 spiro atoms. The maximum atomic E-state index is 11.7. The van der Waals surface area contributed by atoms with E-state index in [2.05, 4.69) is 25.6 Å². The summed E-state index contributed by atoms with van der Waals surface area (Å²) in [6.07, 6.45) is 2.80. The molecular formula is C19H16N6O3. The van der Waals surface area contributed by atoms with Crippen LogP contribution in [0, 0.1) is 17.0 Å². The Kier molecular flexibility index (Phi) is 4.55. The monoisotopic (exact) mass is 376 g/mol. The standard InChI is InChI=1S/C19H16N6O3/c1-12-7-8-13-4-2-6-15(16(13)23-12)24-19-17(25(26)27)18(21-11-22-19)20-10-14-5-3-9-28-14/h2-9,11H,10H2,1H3,(H2,20,21,22,24). The molecule has 28 heavy (non-hydrogen) atoms. The number of nitrogens with zero attached hydrogens (tertiary/aromatic N) is 4. The summed E-state index contributed by atoms with van der Waals surface area (Å²) in [6, 6.07) is 13.0. The lowest BCUT2D eigenvalue weighted by atomic mass is 10.1. The van der Waals surface area contributed by atoms with E-state index in [0.717, 1.165) is 11.1 Å². The van der Waals surface area contributed by atoms with Crippen LogP contribution in [0.15, 0.2) is 59.5 Å². The van der Waals surface area contributed by atoms with Crippen LogP contribution in [0.1, 0.15) is 11.5 Å². The van der Waals surface area contributed by atoms with Gasteiger partial charge >= 0.3 is 5.69 Å². The molecule has 0 bridgehead atoms. The van der Waals surface area contributed by atoms with Crippen molar-refractivity contribution in [3.8, 4) is 0 Å². The molecule has 0 amide bonds. The second-order valence-electron chi connectivity index (χ2n) is 6.06. The zero-order chi connectivity index (χ0) is 19.5. The number of pyridine rings is 1. The average molecular weight is 376 g/mol. The number of anilines is 3. The van der Waals surface area contributed by atoms with Gasteiger partial charge in [-0.2, -0.15) is 0 Å². The second kappa shape index (κ2) is 7.31. The van der Waals surface area contributed by atoms with Crippen LogP contribution >= 0.6 is 0 Å². The summed E-state index contributed by atoms with van der Waals surface area (Å²) < 4.78 is 5.24. The van der Waals surface area contributed by atoms with E-state index in [1.807, 2.05) is 31.2 Å². The average Bonchev–Trinajstić information content (AvgIpc) is 3.20. The molecule has 1 aromatic carbocycles. The number of fused-ring (bicyclic) bond motifs is 1. The number of aryl methyl sites for hydroxylation is 1. The zero-order valence-electron chi connectivity index (χ0n) is 14.9. The number of rotatable bonds is 6. The van der Waals surface area contributed by atoms with E-state index in [0.29, 0.717) is 17.0 Å². The first-order valence-corrected chi connectivity index (χ1v) is 8.51. The van der Waals surface area contributed by atoms with Crippen molar-refractivity contribution in [1.29, 1.82) is 0 Å². The zero-order valence-corrected chi connectivity index (χ0v) is 14.9. The minimum Gasteiger partial charge on any atom is -0.467 e. The Balaban J connectivity index is 1.71. The smallest absolute Gasteiger partial charge is 0.353 e. The van der Waals surface area contributed by atoms with E-state index in [-0.39, 0.29) is 23.9 Å². The highest BCUT2D eigenvalue weighted by Crippen LogP contribution is 2.33. The summed E-state index contributed by atoms with van der Waals surface area (Å²) in [5, 5.41) is 18.6. The van der Waals surface area contributed by atoms with Crippen LogP contribution in [0.2, 0.25) is 0 Å². The molecular weight excluding hydrogens is 360 g/mol. The maximum Gasteiger partial charge on any atom is 0.353 e. The van der Waals surface area contributed by atoms with Crippen LogP contribution in [0.4, 0.5) is 23.0 Å². The number of benzene rings is 1. The van der Waals surface area contributed by atoms with Crippen molar-refractivity contribution in [2.75, 3.05) is 10.6 Å². The number of hydrogen-bond donors (Lipinski definition) is 2. The molecule has 0 saturated heterocycles. The van der Waals surface area contributed by atoms with Gasteiger partial charge in [0.1, 0.15) is 12.1 Å². The Labute approximate surface area is 159 Å². The third kappa shape index (κ3) is 3.45. The van der Waals surface area contributed by atoms with Gasteiger partial charge < -0.3 is 15.1 Å². The fourth-order valence-electron chi connectivity index (χ4n) is 2.83. The molecule has 0 aliphatic rings. The first-order chi connectivity index (χ1) is 13.6. The van der Waals surface area contributed by atoms with Crippen molar-refractivity contribution in [2.24, 2.45) is 0 Å². The minimum atomic E-state index is -0.517. The van der Waals surface area contributed by atoms with Crippen molar-refractivity contribution >= 4 is 33.9 Å². The van der Waals surface area contributed by atoms with Crippen molar-refractivity contribution in [3.63, 3.8) is 0 Å². The van der Waals surface area contributed by atoms with E-state index in [9.17, 15) is 10.1 Å². The molecule has 0 atom stereocenters. The predicted octanol–water partition coefficient (Wildman–Crippen LogP) is 4.19. The first-order valence-electron chi connectivity index (χ1n) is 8.51. The van der Waals surface area contributed by atoms with Gasteiger partial charge in [-0.05, 0) is 31.2 Å². The molecule has 0 fully saturated rings. The summed E-state index contributed by atoms with van der Waals surface area (Å²) >= 11 is 0. The molecule has 9 heteroatoms. The third-order valence-electron chi connectivity index (χ3n) is 4.13. The molecule has 3 aromatic heterocycles. The van der Waals surface area contributed by atoms with Gasteiger partial charge in [-0.1, -0.05) is 18.2 Å². The molecule has 2 N–H and O–H groups in total. The Bertz CT molecular complexity index is 1140. The largest absolute Gasteiger partial charge is 0.467 e. The van der Waals surface area contributed by atoms with Crippen molar-refractivity contribution in [3.05, 3.63) is 76.6 Å². The van der Waals surface area contributed by atoms with Gasteiger partial charge in [0.15, 0.2) is 0 Å². The summed E-state index contributed by atoms with van der Waals surface area (Å²) in [5.74, 6) is 0.817. The number of para-hydroxylation sites is 1. The minimum absolute atomic E-state index is 0.0813. The van der Waals surface area contributed by atoms with Crippen molar-refractivity contribution < 1.29 is 9.34 Å². The van der Waals surface area contributed by atoms with Crippen LogP contribution in [0.5, 0.6) is 0 Å². The van der Waals surface area contributed by atoms with E-state index in [1.165, 1.54) is 12.6 Å². The second-order valence-corrected chi connectivity index (χ2v) is 6.06. The van der Waals surface area contributed by atoms with Gasteiger partial charge in [0.2, 0.25) is 11.6 Å². The highest BCUT2D eigenvalue weighted by Gasteiger charge is 2.23. The fraction of sp³-hybridized carbons (Fsp3) is 0.105. The molecule has 3 heterocycles. The summed E-state index contributed by atoms with van der Waals surface area (Å²) in [7, 11) is 0. The van der Waals surface area contributed by atoms with Gasteiger partial charge in [0.25, 0.3) is 0 Å². The van der Waals surface area contributed by atoms with Crippen LogP contribution < -0.4 is 10.6 Å². The Morgan fingerprint density at radius 1 is 1.11 bits per heavy atom. The van der Waals surface area contributed by atoms with Gasteiger partial charge in [-0.15, -0.1) is 0 Å². The molecule has 0 radical (unpaired) electrons. The normalized spacial score (nSPS) is 10.8. The number of nitro groups is 1. The first kappa shape index (κ1) is 17.4. The summed E-state index contributed by atoms with van der Waals surface area (Å²) in [5.41, 5.74) is 1.93. The predicted molar refractivity (Wildman–Crippen MR) is 104 cm³/mol. The lowest BCUT2D eigenvalue weighted by Crippen LogP contribution is -2.08. The fourth-order valence-corrected chi connectivity index (χ4v) is 2.83. The van der Waals surface area contributed by atoms with Crippen molar-refractivity contribution in [1.82, 2.24) is 15.0 Å². The molecule has 9 nitrogen and oxygen atoms in total. The highest BCUT2D eigenvalue weighted by atomic mass is 16.6. The molecule has 0 saturated carbocycles. The number of furan rings is 1. The van der Waals surface area contributed by atoms with Gasteiger partial charge in [-0.3, -0.25) is 15.1 Å². The molecule has 140 valence electrons. The van der Waals surface area contributed by atoms with Crippen LogP contribution in [0.25, 0.3) is 10.9 Å². The lowest BCUT2D eigenvalue weighted by Gasteiger charge is -2.11. The number of nitrogens with one attached hydrogen (secondary N) is 2.